The molecule has 0 aromatic heterocycles. The second-order valence-electron chi connectivity index (χ2n) is 4.26. The predicted octanol–water partition coefficient (Wildman–Crippen LogP) is 0.381. The van der Waals surface area contributed by atoms with Gasteiger partial charge in [0.25, 0.3) is 0 Å². The Kier molecular flexibility index (Phi) is 4.08. The average molecular weight is 214 g/mol. The number of ether oxygens (including phenoxy) is 1. The highest BCUT2D eigenvalue weighted by Crippen LogP contribution is 2.24. The molecule has 2 unspecified atom stereocenters. The molecule has 1 rings (SSSR count). The molecule has 0 bridgehead atoms. The lowest BCUT2D eigenvalue weighted by Gasteiger charge is -2.29. The number of nitrogens with zero attached hydrogens (tertiary/aromatic N) is 1. The number of ketones is 1. The first-order valence-electron chi connectivity index (χ1n) is 5.12. The van der Waals surface area contributed by atoms with E-state index in [-0.39, 0.29) is 17.8 Å². The van der Waals surface area contributed by atoms with Gasteiger partial charge in [0.15, 0.2) is 0 Å². The van der Waals surface area contributed by atoms with Gasteiger partial charge < -0.3 is 15.4 Å². The van der Waals surface area contributed by atoms with Crippen LogP contribution >= 0.6 is 0 Å². The SMILES string of the molecule is CN(C)CC1CC(OC(N)=O)CCC1=O. The third-order valence-corrected chi connectivity index (χ3v) is 2.58. The minimum absolute atomic E-state index is 0.0295. The van der Waals surface area contributed by atoms with Crippen LogP contribution < -0.4 is 5.73 Å². The van der Waals surface area contributed by atoms with Crippen molar-refractivity contribution >= 4 is 11.9 Å². The summed E-state index contributed by atoms with van der Waals surface area (Å²) in [6, 6.07) is 0. The highest BCUT2D eigenvalue weighted by atomic mass is 16.6. The molecule has 0 aliphatic heterocycles. The first-order chi connectivity index (χ1) is 6.99. The molecule has 2 atom stereocenters. The van der Waals surface area contributed by atoms with E-state index < -0.39 is 6.09 Å². The first kappa shape index (κ1) is 12.0. The molecule has 0 spiro atoms. The molecule has 0 heterocycles. The molecular weight excluding hydrogens is 196 g/mol. The van der Waals surface area contributed by atoms with Gasteiger partial charge in [-0.3, -0.25) is 4.79 Å². The van der Waals surface area contributed by atoms with Gasteiger partial charge >= 0.3 is 6.09 Å². The molecule has 5 nitrogen and oxygen atoms in total. The van der Waals surface area contributed by atoms with Crippen molar-refractivity contribution in [1.82, 2.24) is 4.90 Å². The number of Topliss-reactive ketones (excluding diaryl/α,β-unsaturated/α-hetero) is 1. The fourth-order valence-electron chi connectivity index (χ4n) is 1.96. The van der Waals surface area contributed by atoms with Crippen molar-refractivity contribution in [2.24, 2.45) is 11.7 Å². The number of carbonyl (C=O) groups excluding carboxylic acids is 2. The van der Waals surface area contributed by atoms with Crippen LogP contribution in [0.2, 0.25) is 0 Å². The summed E-state index contributed by atoms with van der Waals surface area (Å²) in [4.78, 5) is 24.1. The fraction of sp³-hybridized carbons (Fsp3) is 0.800. The minimum atomic E-state index is -0.752. The summed E-state index contributed by atoms with van der Waals surface area (Å²) in [5.41, 5.74) is 4.95. The monoisotopic (exact) mass is 214 g/mol. The van der Waals surface area contributed by atoms with Crippen LogP contribution in [0.25, 0.3) is 0 Å². The summed E-state index contributed by atoms with van der Waals surface area (Å²) in [6.45, 7) is 0.706. The van der Waals surface area contributed by atoms with Gasteiger partial charge in [-0.1, -0.05) is 0 Å². The number of hydrogen-bond acceptors (Lipinski definition) is 4. The van der Waals surface area contributed by atoms with E-state index in [1.807, 2.05) is 19.0 Å². The quantitative estimate of drug-likeness (QED) is 0.737. The summed E-state index contributed by atoms with van der Waals surface area (Å²) in [7, 11) is 3.84. The van der Waals surface area contributed by atoms with Crippen LogP contribution in [0.15, 0.2) is 0 Å². The molecule has 0 aromatic carbocycles. The van der Waals surface area contributed by atoms with Crippen LogP contribution in [0.1, 0.15) is 19.3 Å². The number of nitrogens with two attached hydrogens (primary N) is 1. The third-order valence-electron chi connectivity index (χ3n) is 2.58. The summed E-state index contributed by atoms with van der Waals surface area (Å²) in [5.74, 6) is 0.228. The standard InChI is InChI=1S/C10H18N2O3/c1-12(2)6-7-5-8(15-10(11)14)3-4-9(7)13/h7-8H,3-6H2,1-2H3,(H2,11,14). The van der Waals surface area contributed by atoms with E-state index in [0.29, 0.717) is 25.8 Å². The third kappa shape index (κ3) is 3.87. The maximum atomic E-state index is 11.6. The molecule has 0 radical (unpaired) electrons. The summed E-state index contributed by atoms with van der Waals surface area (Å²) in [5, 5.41) is 0. The van der Waals surface area contributed by atoms with Crippen molar-refractivity contribution in [2.75, 3.05) is 20.6 Å². The lowest BCUT2D eigenvalue weighted by Crippen LogP contribution is -2.37. The average Bonchev–Trinajstić information content (AvgIpc) is 2.09. The van der Waals surface area contributed by atoms with Gasteiger partial charge in [0.05, 0.1) is 0 Å². The minimum Gasteiger partial charge on any atom is -0.446 e. The first-order valence-corrected chi connectivity index (χ1v) is 5.12. The number of rotatable bonds is 3. The Morgan fingerprint density at radius 2 is 2.27 bits per heavy atom. The van der Waals surface area contributed by atoms with Crippen molar-refractivity contribution in [3.05, 3.63) is 0 Å². The van der Waals surface area contributed by atoms with Gasteiger partial charge in [-0.05, 0) is 26.9 Å². The zero-order chi connectivity index (χ0) is 11.4. The van der Waals surface area contributed by atoms with Crippen LogP contribution in [-0.4, -0.2) is 43.5 Å². The Bertz CT molecular complexity index is 253. The highest BCUT2D eigenvalue weighted by Gasteiger charge is 2.30. The molecule has 1 amide bonds. The molecule has 1 aliphatic rings. The molecule has 0 saturated heterocycles. The van der Waals surface area contributed by atoms with E-state index >= 15 is 0 Å². The largest absolute Gasteiger partial charge is 0.446 e. The van der Waals surface area contributed by atoms with E-state index in [9.17, 15) is 9.59 Å². The van der Waals surface area contributed by atoms with Gasteiger partial charge in [-0.2, -0.15) is 0 Å². The van der Waals surface area contributed by atoms with E-state index in [1.54, 1.807) is 0 Å². The van der Waals surface area contributed by atoms with Crippen molar-refractivity contribution < 1.29 is 14.3 Å². The van der Waals surface area contributed by atoms with Crippen LogP contribution in [-0.2, 0) is 9.53 Å². The van der Waals surface area contributed by atoms with Gasteiger partial charge in [0.2, 0.25) is 0 Å². The molecule has 1 fully saturated rings. The van der Waals surface area contributed by atoms with Gasteiger partial charge in [-0.15, -0.1) is 0 Å². The zero-order valence-corrected chi connectivity index (χ0v) is 9.23. The maximum absolute atomic E-state index is 11.6. The second kappa shape index (κ2) is 5.11. The van der Waals surface area contributed by atoms with E-state index in [4.69, 9.17) is 10.5 Å². The lowest BCUT2D eigenvalue weighted by molar-refractivity contribution is -0.127. The Hall–Kier alpha value is -1.10. The molecule has 86 valence electrons. The Labute approximate surface area is 89.6 Å². The smallest absolute Gasteiger partial charge is 0.404 e. The second-order valence-corrected chi connectivity index (χ2v) is 4.26. The van der Waals surface area contributed by atoms with Gasteiger partial charge in [0.1, 0.15) is 11.9 Å². The van der Waals surface area contributed by atoms with Crippen molar-refractivity contribution in [1.29, 1.82) is 0 Å². The lowest BCUT2D eigenvalue weighted by atomic mass is 9.85. The van der Waals surface area contributed by atoms with Crippen molar-refractivity contribution in [3.8, 4) is 0 Å². The topological polar surface area (TPSA) is 72.6 Å². The zero-order valence-electron chi connectivity index (χ0n) is 9.23. The summed E-state index contributed by atoms with van der Waals surface area (Å²) >= 11 is 0. The number of primary amides is 1. The van der Waals surface area contributed by atoms with Crippen LogP contribution in [0.4, 0.5) is 4.79 Å². The van der Waals surface area contributed by atoms with E-state index in [1.165, 1.54) is 0 Å². The van der Waals surface area contributed by atoms with Crippen LogP contribution in [0, 0.1) is 5.92 Å². The molecule has 0 aromatic rings. The maximum Gasteiger partial charge on any atom is 0.404 e. The Morgan fingerprint density at radius 1 is 1.60 bits per heavy atom. The van der Waals surface area contributed by atoms with E-state index in [0.717, 1.165) is 0 Å². The normalized spacial score (nSPS) is 26.7. The number of hydrogen-bond donors (Lipinski definition) is 1. The predicted molar refractivity (Wildman–Crippen MR) is 55.4 cm³/mol. The number of carbonyl (C=O) groups is 2. The molecule has 15 heavy (non-hydrogen) atoms. The summed E-state index contributed by atoms with van der Waals surface area (Å²) in [6.07, 6.45) is 0.741. The van der Waals surface area contributed by atoms with E-state index in [2.05, 4.69) is 0 Å². The molecule has 1 aliphatic carbocycles. The Balaban J connectivity index is 2.48. The molecular formula is C10H18N2O3. The summed E-state index contributed by atoms with van der Waals surface area (Å²) < 4.78 is 4.92. The van der Waals surface area contributed by atoms with Gasteiger partial charge in [-0.25, -0.2) is 4.79 Å². The Morgan fingerprint density at radius 3 is 2.80 bits per heavy atom. The molecule has 2 N–H and O–H groups in total. The highest BCUT2D eigenvalue weighted by molar-refractivity contribution is 5.82. The molecule has 1 saturated carbocycles. The van der Waals surface area contributed by atoms with Gasteiger partial charge in [0, 0.05) is 18.9 Å². The van der Waals surface area contributed by atoms with Crippen molar-refractivity contribution in [3.63, 3.8) is 0 Å². The van der Waals surface area contributed by atoms with Crippen LogP contribution in [0.5, 0.6) is 0 Å². The molecule has 5 heteroatoms. The number of amides is 1. The van der Waals surface area contributed by atoms with Crippen molar-refractivity contribution in [2.45, 2.75) is 25.4 Å². The fourth-order valence-corrected chi connectivity index (χ4v) is 1.96. The van der Waals surface area contributed by atoms with Crippen LogP contribution in [0.3, 0.4) is 0 Å².